The second kappa shape index (κ2) is 5.75. The average Bonchev–Trinajstić information content (AvgIpc) is 2.60. The van der Waals surface area contributed by atoms with E-state index < -0.39 is 0 Å². The van der Waals surface area contributed by atoms with Gasteiger partial charge in [0, 0.05) is 20.6 Å². The van der Waals surface area contributed by atoms with Gasteiger partial charge in [-0.3, -0.25) is 0 Å². The van der Waals surface area contributed by atoms with Crippen LogP contribution in [0.15, 0.2) is 82.6 Å². The van der Waals surface area contributed by atoms with Gasteiger partial charge in [-0.1, -0.05) is 48.2 Å². The highest BCUT2D eigenvalue weighted by atomic mass is 32.2. The molecule has 0 fully saturated rings. The van der Waals surface area contributed by atoms with Gasteiger partial charge in [-0.2, -0.15) is 5.26 Å². The zero-order valence-electron chi connectivity index (χ0n) is 12.2. The Labute approximate surface area is 138 Å². The van der Waals surface area contributed by atoms with Crippen LogP contribution in [-0.2, 0) is 0 Å². The van der Waals surface area contributed by atoms with Gasteiger partial charge >= 0.3 is 0 Å². The molecule has 0 unspecified atom stereocenters. The van der Waals surface area contributed by atoms with E-state index >= 15 is 0 Å². The van der Waals surface area contributed by atoms with Crippen molar-refractivity contribution >= 4 is 33.6 Å². The van der Waals surface area contributed by atoms with Gasteiger partial charge in [-0.15, -0.1) is 0 Å². The SMILES string of the molecule is N#Cc1c2ccccc2nc2ccc(Sc3ccccc3)cc12. The first-order valence-corrected chi connectivity index (χ1v) is 8.12. The molecule has 0 aliphatic carbocycles. The molecule has 4 rings (SSSR count). The van der Waals surface area contributed by atoms with Crippen LogP contribution in [0.5, 0.6) is 0 Å². The molecule has 1 aromatic heterocycles. The Morgan fingerprint density at radius 3 is 2.30 bits per heavy atom. The fourth-order valence-electron chi connectivity index (χ4n) is 2.68. The lowest BCUT2D eigenvalue weighted by molar-refractivity contribution is 1.40. The molecule has 0 aliphatic heterocycles. The van der Waals surface area contributed by atoms with Crippen molar-refractivity contribution in [3.05, 3.63) is 78.4 Å². The molecule has 1 heterocycles. The highest BCUT2D eigenvalue weighted by Crippen LogP contribution is 2.32. The van der Waals surface area contributed by atoms with E-state index in [0.717, 1.165) is 26.7 Å². The van der Waals surface area contributed by atoms with Gasteiger partial charge in [0.05, 0.1) is 16.6 Å². The third kappa shape index (κ3) is 2.54. The van der Waals surface area contributed by atoms with Crippen LogP contribution in [0.3, 0.4) is 0 Å². The van der Waals surface area contributed by atoms with Crippen molar-refractivity contribution in [2.24, 2.45) is 0 Å². The Balaban J connectivity index is 1.91. The number of nitrogens with zero attached hydrogens (tertiary/aromatic N) is 2. The maximum absolute atomic E-state index is 9.63. The predicted molar refractivity (Wildman–Crippen MR) is 94.5 cm³/mol. The average molecular weight is 312 g/mol. The normalized spacial score (nSPS) is 10.7. The maximum atomic E-state index is 9.63. The molecular formula is C20H12N2S. The summed E-state index contributed by atoms with van der Waals surface area (Å²) in [4.78, 5) is 6.96. The van der Waals surface area contributed by atoms with Crippen LogP contribution in [0.1, 0.15) is 5.56 Å². The molecule has 0 amide bonds. The molecule has 0 aliphatic rings. The van der Waals surface area contributed by atoms with Gasteiger partial charge in [-0.05, 0) is 36.4 Å². The Morgan fingerprint density at radius 2 is 1.48 bits per heavy atom. The molecule has 0 saturated heterocycles. The highest BCUT2D eigenvalue weighted by Gasteiger charge is 2.09. The largest absolute Gasteiger partial charge is 0.248 e. The third-order valence-corrected chi connectivity index (χ3v) is 4.74. The van der Waals surface area contributed by atoms with E-state index in [2.05, 4.69) is 35.3 Å². The molecule has 4 aromatic rings. The summed E-state index contributed by atoms with van der Waals surface area (Å²) in [5.41, 5.74) is 2.42. The summed E-state index contributed by atoms with van der Waals surface area (Å²) >= 11 is 1.69. The molecule has 2 nitrogen and oxygen atoms in total. The summed E-state index contributed by atoms with van der Waals surface area (Å²) < 4.78 is 0. The number of pyridine rings is 1. The first-order valence-electron chi connectivity index (χ1n) is 7.31. The minimum absolute atomic E-state index is 0.695. The molecule has 0 spiro atoms. The van der Waals surface area contributed by atoms with Crippen molar-refractivity contribution in [3.63, 3.8) is 0 Å². The first-order chi connectivity index (χ1) is 11.3. The summed E-state index contributed by atoms with van der Waals surface area (Å²) in [6.07, 6.45) is 0. The number of fused-ring (bicyclic) bond motifs is 2. The summed E-state index contributed by atoms with van der Waals surface area (Å²) in [7, 11) is 0. The van der Waals surface area contributed by atoms with E-state index in [1.54, 1.807) is 11.8 Å². The monoisotopic (exact) mass is 312 g/mol. The van der Waals surface area contributed by atoms with Crippen LogP contribution in [-0.4, -0.2) is 4.98 Å². The Bertz CT molecular complexity index is 1050. The minimum atomic E-state index is 0.695. The fourth-order valence-corrected chi connectivity index (χ4v) is 3.56. The Hall–Kier alpha value is -2.83. The van der Waals surface area contributed by atoms with E-state index in [9.17, 15) is 5.26 Å². The minimum Gasteiger partial charge on any atom is -0.248 e. The number of nitriles is 1. The van der Waals surface area contributed by atoms with E-state index in [-0.39, 0.29) is 0 Å². The van der Waals surface area contributed by atoms with E-state index in [0.29, 0.717) is 5.56 Å². The zero-order valence-corrected chi connectivity index (χ0v) is 13.0. The van der Waals surface area contributed by atoms with E-state index in [1.807, 2.05) is 48.5 Å². The molecule has 3 aromatic carbocycles. The van der Waals surface area contributed by atoms with Crippen LogP contribution in [0.4, 0.5) is 0 Å². The summed E-state index contributed by atoms with van der Waals surface area (Å²) in [6, 6.07) is 26.5. The quantitative estimate of drug-likeness (QED) is 0.464. The first kappa shape index (κ1) is 13.8. The number of para-hydroxylation sites is 1. The van der Waals surface area contributed by atoms with Crippen LogP contribution in [0, 0.1) is 11.3 Å². The fraction of sp³-hybridized carbons (Fsp3) is 0. The standard InChI is InChI=1S/C20H12N2S/c21-13-18-16-8-4-5-9-19(16)22-20-11-10-15(12-17(18)20)23-14-6-2-1-3-7-14/h1-12H. The lowest BCUT2D eigenvalue weighted by Gasteiger charge is -2.07. The molecular weight excluding hydrogens is 300 g/mol. The molecule has 0 saturated carbocycles. The number of hydrogen-bond donors (Lipinski definition) is 0. The van der Waals surface area contributed by atoms with Gasteiger partial charge in [0.25, 0.3) is 0 Å². The van der Waals surface area contributed by atoms with E-state index in [4.69, 9.17) is 0 Å². The third-order valence-electron chi connectivity index (χ3n) is 3.74. The number of hydrogen-bond acceptors (Lipinski definition) is 3. The van der Waals surface area contributed by atoms with Crippen molar-refractivity contribution in [1.82, 2.24) is 4.98 Å². The van der Waals surface area contributed by atoms with Gasteiger partial charge in [-0.25, -0.2) is 4.98 Å². The smallest absolute Gasteiger partial charge is 0.101 e. The predicted octanol–water partition coefficient (Wildman–Crippen LogP) is 5.41. The molecule has 0 bridgehead atoms. The lowest BCUT2D eigenvalue weighted by atomic mass is 10.0. The van der Waals surface area contributed by atoms with Crippen molar-refractivity contribution < 1.29 is 0 Å². The van der Waals surface area contributed by atoms with E-state index in [1.165, 1.54) is 4.90 Å². The molecule has 0 radical (unpaired) electrons. The van der Waals surface area contributed by atoms with Gasteiger partial charge in [0.1, 0.15) is 6.07 Å². The Kier molecular flexibility index (Phi) is 3.45. The van der Waals surface area contributed by atoms with Crippen molar-refractivity contribution in [3.8, 4) is 6.07 Å². The molecule has 108 valence electrons. The highest BCUT2D eigenvalue weighted by molar-refractivity contribution is 7.99. The molecule has 3 heteroatoms. The second-order valence-electron chi connectivity index (χ2n) is 5.21. The maximum Gasteiger partial charge on any atom is 0.101 e. The summed E-state index contributed by atoms with van der Waals surface area (Å²) in [5.74, 6) is 0. The zero-order chi connectivity index (χ0) is 15.6. The summed E-state index contributed by atoms with van der Waals surface area (Å²) in [6.45, 7) is 0. The number of rotatable bonds is 2. The molecule has 23 heavy (non-hydrogen) atoms. The van der Waals surface area contributed by atoms with Crippen LogP contribution in [0.2, 0.25) is 0 Å². The van der Waals surface area contributed by atoms with Gasteiger partial charge < -0.3 is 0 Å². The second-order valence-corrected chi connectivity index (χ2v) is 6.36. The Morgan fingerprint density at radius 1 is 0.739 bits per heavy atom. The lowest BCUT2D eigenvalue weighted by Crippen LogP contribution is -1.89. The van der Waals surface area contributed by atoms with Crippen LogP contribution < -0.4 is 0 Å². The molecule has 0 atom stereocenters. The number of benzene rings is 3. The van der Waals surface area contributed by atoms with Crippen molar-refractivity contribution in [2.75, 3.05) is 0 Å². The van der Waals surface area contributed by atoms with Gasteiger partial charge in [0.15, 0.2) is 0 Å². The van der Waals surface area contributed by atoms with Crippen LogP contribution >= 0.6 is 11.8 Å². The number of aromatic nitrogens is 1. The topological polar surface area (TPSA) is 36.7 Å². The van der Waals surface area contributed by atoms with Crippen LogP contribution in [0.25, 0.3) is 21.8 Å². The summed E-state index contributed by atoms with van der Waals surface area (Å²) in [5, 5.41) is 11.4. The molecule has 0 N–H and O–H groups in total. The van der Waals surface area contributed by atoms with Gasteiger partial charge in [0.2, 0.25) is 0 Å². The van der Waals surface area contributed by atoms with Crippen molar-refractivity contribution in [1.29, 1.82) is 5.26 Å². The van der Waals surface area contributed by atoms with Crippen molar-refractivity contribution in [2.45, 2.75) is 9.79 Å².